The molecule has 0 aliphatic heterocycles. The van der Waals surface area contributed by atoms with Crippen molar-refractivity contribution in [3.63, 3.8) is 0 Å². The summed E-state index contributed by atoms with van der Waals surface area (Å²) in [6.07, 6.45) is 1.62. The number of benzene rings is 1. The highest BCUT2D eigenvalue weighted by Crippen LogP contribution is 2.14. The van der Waals surface area contributed by atoms with Crippen LogP contribution in [0, 0.1) is 0 Å². The fraction of sp³-hybridized carbons (Fsp3) is 0.222. The van der Waals surface area contributed by atoms with E-state index in [0.717, 1.165) is 11.3 Å². The molecular weight excluding hydrogens is 322 g/mol. The summed E-state index contributed by atoms with van der Waals surface area (Å²) in [7, 11) is 1.59. The molecule has 0 saturated carbocycles. The number of aliphatic carboxylic acids is 1. The first-order valence-corrected chi connectivity index (χ1v) is 7.77. The molecule has 2 heterocycles. The van der Waals surface area contributed by atoms with Crippen LogP contribution >= 0.6 is 0 Å². The zero-order valence-corrected chi connectivity index (χ0v) is 13.7. The minimum atomic E-state index is -0.939. The number of carbonyl (C=O) groups is 1. The third-order valence-corrected chi connectivity index (χ3v) is 3.87. The predicted molar refractivity (Wildman–Crippen MR) is 91.9 cm³/mol. The number of carboxylic acid groups (broad SMARTS) is 1. The maximum absolute atomic E-state index is 12.8. The monoisotopic (exact) mass is 339 g/mol. The Morgan fingerprint density at radius 2 is 2.00 bits per heavy atom. The van der Waals surface area contributed by atoms with Gasteiger partial charge in [-0.25, -0.2) is 9.97 Å². The van der Waals surface area contributed by atoms with Crippen molar-refractivity contribution in [2.45, 2.75) is 19.4 Å². The Hall–Kier alpha value is -3.22. The fourth-order valence-corrected chi connectivity index (χ4v) is 2.58. The molecule has 0 atom stereocenters. The molecule has 25 heavy (non-hydrogen) atoms. The molecule has 0 aliphatic rings. The van der Waals surface area contributed by atoms with E-state index >= 15 is 0 Å². The molecule has 1 aromatic carbocycles. The largest absolute Gasteiger partial charge is 0.497 e. The number of hydrogen-bond acceptors (Lipinski definition) is 5. The van der Waals surface area contributed by atoms with E-state index in [4.69, 9.17) is 9.84 Å². The Morgan fingerprint density at radius 1 is 1.24 bits per heavy atom. The van der Waals surface area contributed by atoms with E-state index in [9.17, 15) is 9.59 Å². The van der Waals surface area contributed by atoms with Crippen LogP contribution < -0.4 is 10.3 Å². The van der Waals surface area contributed by atoms with Crippen molar-refractivity contribution in [2.75, 3.05) is 7.11 Å². The summed E-state index contributed by atoms with van der Waals surface area (Å²) in [5, 5.41) is 9.36. The van der Waals surface area contributed by atoms with Crippen molar-refractivity contribution in [3.8, 4) is 5.75 Å². The molecule has 2 aromatic heterocycles. The van der Waals surface area contributed by atoms with Gasteiger partial charge in [-0.3, -0.25) is 14.2 Å². The van der Waals surface area contributed by atoms with Crippen LogP contribution in [-0.2, 0) is 17.8 Å². The first-order valence-electron chi connectivity index (χ1n) is 7.77. The molecule has 0 amide bonds. The quantitative estimate of drug-likeness (QED) is 0.737. The summed E-state index contributed by atoms with van der Waals surface area (Å²) in [5.74, 6) is 0.198. The summed E-state index contributed by atoms with van der Waals surface area (Å²) < 4.78 is 6.64. The molecule has 0 radical (unpaired) electrons. The number of fused-ring (bicyclic) bond motifs is 1. The Morgan fingerprint density at radius 3 is 2.68 bits per heavy atom. The number of pyridine rings is 1. The van der Waals surface area contributed by atoms with Crippen LogP contribution in [0.25, 0.3) is 11.0 Å². The molecule has 0 fully saturated rings. The standard InChI is InChI=1S/C18H17N3O4/c1-25-13-6-4-12(5-7-13)11-21-15(8-9-16(22)23)20-17-14(18(21)24)3-2-10-19-17/h2-7,10H,8-9,11H2,1H3,(H,22,23). The summed E-state index contributed by atoms with van der Waals surface area (Å²) in [4.78, 5) is 32.3. The van der Waals surface area contributed by atoms with Gasteiger partial charge in [-0.2, -0.15) is 0 Å². The first-order chi connectivity index (χ1) is 12.1. The second kappa shape index (κ2) is 7.12. The molecule has 0 aliphatic carbocycles. The van der Waals surface area contributed by atoms with Crippen molar-refractivity contribution in [1.82, 2.24) is 14.5 Å². The van der Waals surface area contributed by atoms with Crippen LogP contribution in [0.5, 0.6) is 5.75 Å². The van der Waals surface area contributed by atoms with Gasteiger partial charge in [0.1, 0.15) is 11.6 Å². The van der Waals surface area contributed by atoms with Crippen molar-refractivity contribution < 1.29 is 14.6 Å². The van der Waals surface area contributed by atoms with Gasteiger partial charge in [-0.15, -0.1) is 0 Å². The highest BCUT2D eigenvalue weighted by molar-refractivity contribution is 5.73. The van der Waals surface area contributed by atoms with E-state index in [2.05, 4.69) is 9.97 Å². The molecule has 0 spiro atoms. The molecule has 3 aromatic rings. The number of hydrogen-bond donors (Lipinski definition) is 1. The van der Waals surface area contributed by atoms with E-state index in [-0.39, 0.29) is 18.4 Å². The molecule has 0 saturated heterocycles. The summed E-state index contributed by atoms with van der Waals surface area (Å²) >= 11 is 0. The Bertz CT molecular complexity index is 964. The Balaban J connectivity index is 2.06. The fourth-order valence-electron chi connectivity index (χ4n) is 2.58. The number of methoxy groups -OCH3 is 1. The number of aryl methyl sites for hydroxylation is 1. The molecule has 128 valence electrons. The van der Waals surface area contributed by atoms with E-state index in [1.54, 1.807) is 25.4 Å². The third-order valence-electron chi connectivity index (χ3n) is 3.87. The lowest BCUT2D eigenvalue weighted by Crippen LogP contribution is -2.26. The number of rotatable bonds is 6. The van der Waals surface area contributed by atoms with Gasteiger partial charge < -0.3 is 9.84 Å². The van der Waals surface area contributed by atoms with Gasteiger partial charge in [0.2, 0.25) is 0 Å². The average Bonchev–Trinajstić information content (AvgIpc) is 2.63. The van der Waals surface area contributed by atoms with Crippen LogP contribution in [0.2, 0.25) is 0 Å². The molecule has 1 N–H and O–H groups in total. The molecule has 0 unspecified atom stereocenters. The van der Waals surface area contributed by atoms with Crippen LogP contribution in [0.3, 0.4) is 0 Å². The predicted octanol–water partition coefficient (Wildman–Crippen LogP) is 1.87. The molecule has 7 nitrogen and oxygen atoms in total. The zero-order valence-electron chi connectivity index (χ0n) is 13.7. The molecule has 7 heteroatoms. The van der Waals surface area contributed by atoms with Gasteiger partial charge in [0, 0.05) is 12.6 Å². The maximum Gasteiger partial charge on any atom is 0.303 e. The maximum atomic E-state index is 12.8. The first kappa shape index (κ1) is 16.6. The highest BCUT2D eigenvalue weighted by atomic mass is 16.5. The smallest absolute Gasteiger partial charge is 0.303 e. The number of aromatic nitrogens is 3. The molecular formula is C18H17N3O4. The molecule has 0 bridgehead atoms. The van der Waals surface area contributed by atoms with Gasteiger partial charge >= 0.3 is 5.97 Å². The molecule has 3 rings (SSSR count). The topological polar surface area (TPSA) is 94.3 Å². The van der Waals surface area contributed by atoms with Crippen LogP contribution in [0.4, 0.5) is 0 Å². The van der Waals surface area contributed by atoms with E-state index < -0.39 is 5.97 Å². The minimum Gasteiger partial charge on any atom is -0.497 e. The van der Waals surface area contributed by atoms with Gasteiger partial charge in [-0.1, -0.05) is 12.1 Å². The zero-order chi connectivity index (χ0) is 17.8. The lowest BCUT2D eigenvalue weighted by Gasteiger charge is -2.13. The van der Waals surface area contributed by atoms with Crippen molar-refractivity contribution in [1.29, 1.82) is 0 Å². The minimum absolute atomic E-state index is 0.104. The number of carboxylic acids is 1. The SMILES string of the molecule is COc1ccc(Cn2c(CCC(=O)O)nc3ncccc3c2=O)cc1. The average molecular weight is 339 g/mol. The second-order valence-corrected chi connectivity index (χ2v) is 5.54. The lowest BCUT2D eigenvalue weighted by molar-refractivity contribution is -0.137. The van der Waals surface area contributed by atoms with Crippen LogP contribution in [0.1, 0.15) is 17.8 Å². The van der Waals surface area contributed by atoms with E-state index in [1.165, 1.54) is 4.57 Å². The van der Waals surface area contributed by atoms with Gasteiger partial charge in [0.05, 0.1) is 25.5 Å². The summed E-state index contributed by atoms with van der Waals surface area (Å²) in [5.41, 5.74) is 0.998. The van der Waals surface area contributed by atoms with Gasteiger partial charge in [-0.05, 0) is 29.8 Å². The van der Waals surface area contributed by atoms with Crippen LogP contribution in [0.15, 0.2) is 47.4 Å². The van der Waals surface area contributed by atoms with Gasteiger partial charge in [0.25, 0.3) is 5.56 Å². The third kappa shape index (κ3) is 3.65. The van der Waals surface area contributed by atoms with Crippen molar-refractivity contribution in [3.05, 3.63) is 64.3 Å². The lowest BCUT2D eigenvalue weighted by atomic mass is 10.2. The van der Waals surface area contributed by atoms with Crippen molar-refractivity contribution in [2.24, 2.45) is 0 Å². The van der Waals surface area contributed by atoms with Gasteiger partial charge in [0.15, 0.2) is 5.65 Å². The van der Waals surface area contributed by atoms with E-state index in [0.29, 0.717) is 23.4 Å². The number of nitrogens with zero attached hydrogens (tertiary/aromatic N) is 3. The normalized spacial score (nSPS) is 10.8. The highest BCUT2D eigenvalue weighted by Gasteiger charge is 2.13. The van der Waals surface area contributed by atoms with Crippen LogP contribution in [-0.4, -0.2) is 32.7 Å². The second-order valence-electron chi connectivity index (χ2n) is 5.54. The van der Waals surface area contributed by atoms with E-state index in [1.807, 2.05) is 24.3 Å². The summed E-state index contributed by atoms with van der Waals surface area (Å²) in [6.45, 7) is 0.301. The van der Waals surface area contributed by atoms with Crippen molar-refractivity contribution >= 4 is 17.0 Å². The number of ether oxygens (including phenoxy) is 1. The Kier molecular flexibility index (Phi) is 4.74. The summed E-state index contributed by atoms with van der Waals surface area (Å²) in [6, 6.07) is 10.7. The Labute approximate surface area is 143 Å².